The molecule has 1 aromatic carbocycles. The summed E-state index contributed by atoms with van der Waals surface area (Å²) in [7, 11) is 0. The zero-order valence-electron chi connectivity index (χ0n) is 12.0. The van der Waals surface area contributed by atoms with Crippen LogP contribution in [-0.2, 0) is 20.9 Å². The number of nitrogens with zero attached hydrogens (tertiary/aromatic N) is 1. The Balaban J connectivity index is 2.57. The highest BCUT2D eigenvalue weighted by atomic mass is 16.6. The second kappa shape index (κ2) is 7.98. The van der Waals surface area contributed by atoms with Crippen molar-refractivity contribution in [3.05, 3.63) is 39.9 Å². The minimum absolute atomic E-state index is 0.0105. The van der Waals surface area contributed by atoms with Gasteiger partial charge in [-0.15, -0.1) is 0 Å². The molecule has 114 valence electrons. The van der Waals surface area contributed by atoms with Crippen molar-refractivity contribution >= 4 is 17.6 Å². The molecule has 0 heterocycles. The lowest BCUT2D eigenvalue weighted by atomic mass is 10.1. The molecular formula is C14H18N2O5. The van der Waals surface area contributed by atoms with Crippen molar-refractivity contribution in [1.82, 2.24) is 5.32 Å². The summed E-state index contributed by atoms with van der Waals surface area (Å²) in [5, 5.41) is 13.1. The third-order valence-electron chi connectivity index (χ3n) is 2.77. The van der Waals surface area contributed by atoms with Crippen molar-refractivity contribution in [3.8, 4) is 0 Å². The second-order valence-corrected chi connectivity index (χ2v) is 4.57. The molecule has 0 fully saturated rings. The van der Waals surface area contributed by atoms with Crippen LogP contribution >= 0.6 is 0 Å². The minimum Gasteiger partial charge on any atom is -0.459 e. The summed E-state index contributed by atoms with van der Waals surface area (Å²) < 4.78 is 5.12. The third-order valence-corrected chi connectivity index (χ3v) is 2.77. The first kappa shape index (κ1) is 16.6. The monoisotopic (exact) mass is 294 g/mol. The van der Waals surface area contributed by atoms with Gasteiger partial charge < -0.3 is 10.1 Å². The number of esters is 1. The average molecular weight is 294 g/mol. The van der Waals surface area contributed by atoms with E-state index in [1.54, 1.807) is 0 Å². The van der Waals surface area contributed by atoms with Gasteiger partial charge in [-0.1, -0.05) is 13.3 Å². The van der Waals surface area contributed by atoms with Gasteiger partial charge in [0.05, 0.1) is 4.92 Å². The quantitative estimate of drug-likeness (QED) is 0.470. The SMILES string of the molecule is CCCC(NC(C)=O)C(=O)OCc1ccc([N+](=O)[O-])cc1. The lowest BCUT2D eigenvalue weighted by Gasteiger charge is -2.15. The average Bonchev–Trinajstić information content (AvgIpc) is 2.44. The smallest absolute Gasteiger partial charge is 0.328 e. The molecule has 1 N–H and O–H groups in total. The molecule has 1 unspecified atom stereocenters. The number of nitro benzene ring substituents is 1. The van der Waals surface area contributed by atoms with Crippen LogP contribution < -0.4 is 5.32 Å². The molecule has 1 amide bonds. The number of ether oxygens (including phenoxy) is 1. The molecule has 21 heavy (non-hydrogen) atoms. The summed E-state index contributed by atoms with van der Waals surface area (Å²) >= 11 is 0. The van der Waals surface area contributed by atoms with Crippen LogP contribution in [0.3, 0.4) is 0 Å². The summed E-state index contributed by atoms with van der Waals surface area (Å²) in [5.41, 5.74) is 0.624. The largest absolute Gasteiger partial charge is 0.459 e. The van der Waals surface area contributed by atoms with E-state index in [0.717, 1.165) is 6.42 Å². The number of carbonyl (C=O) groups is 2. The first-order chi connectivity index (χ1) is 9.93. The van der Waals surface area contributed by atoms with Crippen LogP contribution in [0.15, 0.2) is 24.3 Å². The predicted molar refractivity (Wildman–Crippen MR) is 75.4 cm³/mol. The highest BCUT2D eigenvalue weighted by Crippen LogP contribution is 2.13. The van der Waals surface area contributed by atoms with Crippen LogP contribution in [0.1, 0.15) is 32.3 Å². The van der Waals surface area contributed by atoms with E-state index >= 15 is 0 Å². The zero-order valence-corrected chi connectivity index (χ0v) is 12.0. The summed E-state index contributed by atoms with van der Waals surface area (Å²) in [4.78, 5) is 32.9. The Morgan fingerprint density at radius 3 is 2.43 bits per heavy atom. The van der Waals surface area contributed by atoms with E-state index in [4.69, 9.17) is 4.74 Å². The van der Waals surface area contributed by atoms with Gasteiger partial charge >= 0.3 is 5.97 Å². The van der Waals surface area contributed by atoms with Crippen LogP contribution in [0.4, 0.5) is 5.69 Å². The number of carbonyl (C=O) groups excluding carboxylic acids is 2. The molecule has 0 aliphatic heterocycles. The highest BCUT2D eigenvalue weighted by molar-refractivity contribution is 5.83. The number of rotatable bonds is 7. The lowest BCUT2D eigenvalue weighted by Crippen LogP contribution is -2.40. The summed E-state index contributed by atoms with van der Waals surface area (Å²) in [6, 6.07) is 5.09. The maximum atomic E-state index is 11.9. The van der Waals surface area contributed by atoms with Crippen LogP contribution in [0, 0.1) is 10.1 Å². The van der Waals surface area contributed by atoms with Crippen LogP contribution in [0.2, 0.25) is 0 Å². The van der Waals surface area contributed by atoms with E-state index in [2.05, 4.69) is 5.32 Å². The number of hydrogen-bond acceptors (Lipinski definition) is 5. The Bertz CT molecular complexity index is 513. The molecule has 0 aliphatic carbocycles. The zero-order chi connectivity index (χ0) is 15.8. The molecule has 0 spiro atoms. The topological polar surface area (TPSA) is 98.5 Å². The van der Waals surface area contributed by atoms with Crippen molar-refractivity contribution in [3.63, 3.8) is 0 Å². The van der Waals surface area contributed by atoms with Gasteiger partial charge in [-0.25, -0.2) is 4.79 Å². The Kier molecular flexibility index (Phi) is 6.32. The Morgan fingerprint density at radius 2 is 1.95 bits per heavy atom. The molecule has 7 heteroatoms. The number of benzene rings is 1. The first-order valence-corrected chi connectivity index (χ1v) is 6.61. The van der Waals surface area contributed by atoms with E-state index in [1.165, 1.54) is 31.2 Å². The number of amides is 1. The number of non-ortho nitro benzene ring substituents is 1. The molecule has 0 saturated heterocycles. The molecule has 1 rings (SSSR count). The first-order valence-electron chi connectivity index (χ1n) is 6.61. The molecule has 1 aromatic rings. The molecular weight excluding hydrogens is 276 g/mol. The van der Waals surface area contributed by atoms with Crippen molar-refractivity contribution in [2.75, 3.05) is 0 Å². The van der Waals surface area contributed by atoms with Crippen molar-refractivity contribution in [2.24, 2.45) is 0 Å². The van der Waals surface area contributed by atoms with Gasteiger partial charge in [0, 0.05) is 19.1 Å². The van der Waals surface area contributed by atoms with Gasteiger partial charge in [0.1, 0.15) is 12.6 Å². The maximum absolute atomic E-state index is 11.9. The van der Waals surface area contributed by atoms with E-state index in [0.29, 0.717) is 12.0 Å². The van der Waals surface area contributed by atoms with Gasteiger partial charge in [-0.2, -0.15) is 0 Å². The summed E-state index contributed by atoms with van der Waals surface area (Å²) in [6.07, 6.45) is 1.23. The van der Waals surface area contributed by atoms with Gasteiger partial charge in [0.25, 0.3) is 5.69 Å². The minimum atomic E-state index is -0.662. The summed E-state index contributed by atoms with van der Waals surface area (Å²) in [5.74, 6) is -0.800. The molecule has 7 nitrogen and oxygen atoms in total. The van der Waals surface area contributed by atoms with Gasteiger partial charge in [0.15, 0.2) is 0 Å². The third kappa shape index (κ3) is 5.60. The van der Waals surface area contributed by atoms with E-state index < -0.39 is 16.9 Å². The fourth-order valence-electron chi connectivity index (χ4n) is 1.75. The second-order valence-electron chi connectivity index (χ2n) is 4.57. The molecule has 1 atom stereocenters. The van der Waals surface area contributed by atoms with Crippen LogP contribution in [0.25, 0.3) is 0 Å². The van der Waals surface area contributed by atoms with E-state index in [1.807, 2.05) is 6.92 Å². The molecule has 0 bridgehead atoms. The van der Waals surface area contributed by atoms with Crippen LogP contribution in [-0.4, -0.2) is 22.8 Å². The van der Waals surface area contributed by atoms with Gasteiger partial charge in [-0.05, 0) is 24.1 Å². The normalized spacial score (nSPS) is 11.5. The summed E-state index contributed by atoms with van der Waals surface area (Å²) in [6.45, 7) is 3.25. The van der Waals surface area contributed by atoms with Crippen molar-refractivity contribution in [2.45, 2.75) is 39.3 Å². The standard InChI is InChI=1S/C14H18N2O5/c1-3-4-13(15-10(2)17)14(18)21-9-11-5-7-12(8-6-11)16(19)20/h5-8,13H,3-4,9H2,1-2H3,(H,15,17). The van der Waals surface area contributed by atoms with Crippen molar-refractivity contribution < 1.29 is 19.2 Å². The molecule has 0 aromatic heterocycles. The van der Waals surface area contributed by atoms with Crippen LogP contribution in [0.5, 0.6) is 0 Å². The Labute approximate surface area is 122 Å². The predicted octanol–water partition coefficient (Wildman–Crippen LogP) is 1.94. The number of nitro groups is 1. The fraction of sp³-hybridized carbons (Fsp3) is 0.429. The number of nitrogens with one attached hydrogen (secondary N) is 1. The van der Waals surface area contributed by atoms with Gasteiger partial charge in [-0.3, -0.25) is 14.9 Å². The highest BCUT2D eigenvalue weighted by Gasteiger charge is 2.20. The molecule has 0 aliphatic rings. The van der Waals surface area contributed by atoms with Crippen molar-refractivity contribution in [1.29, 1.82) is 0 Å². The lowest BCUT2D eigenvalue weighted by molar-refractivity contribution is -0.384. The fourth-order valence-corrected chi connectivity index (χ4v) is 1.75. The Morgan fingerprint density at radius 1 is 1.33 bits per heavy atom. The van der Waals surface area contributed by atoms with E-state index in [-0.39, 0.29) is 18.2 Å². The number of hydrogen-bond donors (Lipinski definition) is 1. The molecule has 0 saturated carbocycles. The maximum Gasteiger partial charge on any atom is 0.328 e. The Hall–Kier alpha value is -2.44. The molecule has 0 radical (unpaired) electrons. The van der Waals surface area contributed by atoms with Gasteiger partial charge in [0.2, 0.25) is 5.91 Å². The van der Waals surface area contributed by atoms with E-state index in [9.17, 15) is 19.7 Å².